The highest BCUT2D eigenvalue weighted by Crippen LogP contribution is 2.51. The first-order valence-electron chi connectivity index (χ1n) is 6.49. The number of nitrogens with zero attached hydrogens (tertiary/aromatic N) is 2. The maximum atomic E-state index is 9.74. The van der Waals surface area contributed by atoms with Gasteiger partial charge in [0.2, 0.25) is 0 Å². The fraction of sp³-hybridized carbons (Fsp3) is 0.467. The summed E-state index contributed by atoms with van der Waals surface area (Å²) < 4.78 is 0. The van der Waals surface area contributed by atoms with E-state index in [4.69, 9.17) is 0 Å². The average molecular weight is 244 g/mol. The SMILES string of the molecule is C=CCN1CC[C@@]2(C)c3cc(O)ccc3N(C)C12. The molecule has 0 spiro atoms. The minimum absolute atomic E-state index is 0.117. The summed E-state index contributed by atoms with van der Waals surface area (Å²) >= 11 is 0. The second kappa shape index (κ2) is 3.75. The molecule has 18 heavy (non-hydrogen) atoms. The van der Waals surface area contributed by atoms with Crippen molar-refractivity contribution in [2.45, 2.75) is 24.9 Å². The third-order valence-electron chi connectivity index (χ3n) is 4.54. The number of benzene rings is 1. The molecule has 2 aliphatic heterocycles. The van der Waals surface area contributed by atoms with Crippen LogP contribution in [-0.2, 0) is 5.41 Å². The van der Waals surface area contributed by atoms with Crippen molar-refractivity contribution in [2.24, 2.45) is 0 Å². The van der Waals surface area contributed by atoms with Crippen molar-refractivity contribution < 1.29 is 5.11 Å². The van der Waals surface area contributed by atoms with Gasteiger partial charge >= 0.3 is 0 Å². The van der Waals surface area contributed by atoms with E-state index in [1.54, 1.807) is 6.07 Å². The molecule has 1 fully saturated rings. The van der Waals surface area contributed by atoms with Gasteiger partial charge in [-0.2, -0.15) is 0 Å². The summed E-state index contributed by atoms with van der Waals surface area (Å²) in [6.07, 6.45) is 3.49. The van der Waals surface area contributed by atoms with Gasteiger partial charge in [-0.05, 0) is 30.2 Å². The van der Waals surface area contributed by atoms with E-state index < -0.39 is 0 Å². The topological polar surface area (TPSA) is 26.7 Å². The lowest BCUT2D eigenvalue weighted by molar-refractivity contribution is 0.245. The van der Waals surface area contributed by atoms with Crippen LogP contribution in [-0.4, -0.2) is 36.3 Å². The predicted molar refractivity (Wildman–Crippen MR) is 74.0 cm³/mol. The van der Waals surface area contributed by atoms with Crippen LogP contribution < -0.4 is 4.90 Å². The third-order valence-corrected chi connectivity index (χ3v) is 4.54. The number of fused-ring (bicyclic) bond motifs is 3. The van der Waals surface area contributed by atoms with Crippen molar-refractivity contribution in [2.75, 3.05) is 25.0 Å². The Labute approximate surface area is 108 Å². The van der Waals surface area contributed by atoms with E-state index >= 15 is 0 Å². The van der Waals surface area contributed by atoms with Crippen LogP contribution in [0.5, 0.6) is 5.75 Å². The van der Waals surface area contributed by atoms with E-state index in [-0.39, 0.29) is 5.41 Å². The Morgan fingerprint density at radius 3 is 3.06 bits per heavy atom. The van der Waals surface area contributed by atoms with Crippen molar-refractivity contribution >= 4 is 5.69 Å². The Morgan fingerprint density at radius 2 is 2.33 bits per heavy atom. The van der Waals surface area contributed by atoms with Crippen molar-refractivity contribution in [3.63, 3.8) is 0 Å². The van der Waals surface area contributed by atoms with Gasteiger partial charge in [-0.15, -0.1) is 6.58 Å². The zero-order valence-electron chi connectivity index (χ0n) is 11.1. The van der Waals surface area contributed by atoms with E-state index in [1.807, 2.05) is 18.2 Å². The van der Waals surface area contributed by atoms with Gasteiger partial charge < -0.3 is 10.0 Å². The third kappa shape index (κ3) is 1.34. The van der Waals surface area contributed by atoms with E-state index in [9.17, 15) is 5.11 Å². The molecule has 3 heteroatoms. The molecule has 0 aliphatic carbocycles. The number of phenolic OH excluding ortho intramolecular Hbond substituents is 1. The van der Waals surface area contributed by atoms with Crippen LogP contribution in [0, 0.1) is 0 Å². The minimum Gasteiger partial charge on any atom is -0.508 e. The van der Waals surface area contributed by atoms with Crippen LogP contribution in [0.25, 0.3) is 0 Å². The Balaban J connectivity index is 2.08. The fourth-order valence-corrected chi connectivity index (χ4v) is 3.75. The molecule has 96 valence electrons. The second-order valence-electron chi connectivity index (χ2n) is 5.64. The molecular weight excluding hydrogens is 224 g/mol. The lowest BCUT2D eigenvalue weighted by Gasteiger charge is -2.34. The van der Waals surface area contributed by atoms with Crippen molar-refractivity contribution in [1.82, 2.24) is 4.90 Å². The highest BCUT2D eigenvalue weighted by molar-refractivity contribution is 5.66. The number of anilines is 1. The summed E-state index contributed by atoms with van der Waals surface area (Å²) in [5.74, 6) is 0.367. The molecule has 0 aromatic heterocycles. The molecule has 3 nitrogen and oxygen atoms in total. The van der Waals surface area contributed by atoms with Gasteiger partial charge in [0.25, 0.3) is 0 Å². The quantitative estimate of drug-likeness (QED) is 0.809. The summed E-state index contributed by atoms with van der Waals surface area (Å²) in [5, 5.41) is 9.74. The van der Waals surface area contributed by atoms with Gasteiger partial charge in [-0.3, -0.25) is 4.90 Å². The van der Waals surface area contributed by atoms with Gasteiger partial charge in [0.05, 0.1) is 6.17 Å². The Kier molecular flexibility index (Phi) is 2.42. The molecule has 1 aromatic rings. The highest BCUT2D eigenvalue weighted by Gasteiger charge is 2.52. The molecule has 0 bridgehead atoms. The van der Waals surface area contributed by atoms with E-state index in [0.717, 1.165) is 19.5 Å². The Bertz CT molecular complexity index is 499. The van der Waals surface area contributed by atoms with Crippen LogP contribution in [0.3, 0.4) is 0 Å². The van der Waals surface area contributed by atoms with Crippen molar-refractivity contribution in [3.05, 3.63) is 36.4 Å². The summed E-state index contributed by atoms with van der Waals surface area (Å²) in [6.45, 7) is 8.17. The number of hydrogen-bond acceptors (Lipinski definition) is 3. The predicted octanol–water partition coefficient (Wildman–Crippen LogP) is 2.32. The molecule has 1 saturated heterocycles. The molecule has 3 rings (SSSR count). The van der Waals surface area contributed by atoms with Crippen LogP contribution in [0.2, 0.25) is 0 Å². The van der Waals surface area contributed by atoms with Gasteiger partial charge in [-0.25, -0.2) is 0 Å². The minimum atomic E-state index is 0.117. The Morgan fingerprint density at radius 1 is 1.56 bits per heavy atom. The first-order valence-corrected chi connectivity index (χ1v) is 6.49. The van der Waals surface area contributed by atoms with Crippen molar-refractivity contribution in [3.8, 4) is 5.75 Å². The zero-order chi connectivity index (χ0) is 12.9. The molecule has 0 amide bonds. The number of hydrogen-bond donors (Lipinski definition) is 1. The van der Waals surface area contributed by atoms with E-state index in [2.05, 4.69) is 30.4 Å². The van der Waals surface area contributed by atoms with E-state index in [0.29, 0.717) is 11.9 Å². The van der Waals surface area contributed by atoms with E-state index in [1.165, 1.54) is 11.3 Å². The average Bonchev–Trinajstić information content (AvgIpc) is 2.77. The largest absolute Gasteiger partial charge is 0.508 e. The maximum Gasteiger partial charge on any atom is 0.116 e. The molecule has 2 atom stereocenters. The first-order chi connectivity index (χ1) is 8.58. The zero-order valence-corrected chi connectivity index (χ0v) is 11.1. The lowest BCUT2D eigenvalue weighted by atomic mass is 9.81. The molecule has 1 aromatic carbocycles. The molecule has 2 heterocycles. The van der Waals surface area contributed by atoms with Crippen LogP contribution >= 0.6 is 0 Å². The lowest BCUT2D eigenvalue weighted by Crippen LogP contribution is -2.47. The second-order valence-corrected chi connectivity index (χ2v) is 5.64. The number of aromatic hydroxyl groups is 1. The molecule has 2 aliphatic rings. The summed E-state index contributed by atoms with van der Waals surface area (Å²) in [6, 6.07) is 5.74. The van der Waals surface area contributed by atoms with Crippen molar-refractivity contribution in [1.29, 1.82) is 0 Å². The number of rotatable bonds is 2. The van der Waals surface area contributed by atoms with Crippen LogP contribution in [0.4, 0.5) is 5.69 Å². The number of likely N-dealkylation sites (N-methyl/N-ethyl adjacent to an activating group) is 1. The standard InChI is InChI=1S/C15H20N2O/c1-4-8-17-9-7-15(2)12-10-11(18)5-6-13(12)16(3)14(15)17/h4-6,10,14,18H,1,7-9H2,2-3H3/t14?,15-/m0/s1. The number of phenols is 1. The molecule has 1 unspecified atom stereocenters. The normalized spacial score (nSPS) is 30.3. The molecule has 0 radical (unpaired) electrons. The molecule has 1 N–H and O–H groups in total. The summed E-state index contributed by atoms with van der Waals surface area (Å²) in [4.78, 5) is 4.80. The smallest absolute Gasteiger partial charge is 0.116 e. The van der Waals surface area contributed by atoms with Crippen LogP contribution in [0.15, 0.2) is 30.9 Å². The monoisotopic (exact) mass is 244 g/mol. The van der Waals surface area contributed by atoms with Gasteiger partial charge in [0.15, 0.2) is 0 Å². The molecule has 0 saturated carbocycles. The Hall–Kier alpha value is -1.48. The van der Waals surface area contributed by atoms with Gasteiger partial charge in [0.1, 0.15) is 5.75 Å². The molecular formula is C15H20N2O. The highest BCUT2D eigenvalue weighted by atomic mass is 16.3. The van der Waals surface area contributed by atoms with Gasteiger partial charge in [0, 0.05) is 31.2 Å². The summed E-state index contributed by atoms with van der Waals surface area (Å²) in [5.41, 5.74) is 2.64. The van der Waals surface area contributed by atoms with Gasteiger partial charge in [-0.1, -0.05) is 13.0 Å². The maximum absolute atomic E-state index is 9.74. The van der Waals surface area contributed by atoms with Crippen LogP contribution in [0.1, 0.15) is 18.9 Å². The summed E-state index contributed by atoms with van der Waals surface area (Å²) in [7, 11) is 2.15. The first kappa shape index (κ1) is 11.6. The fourth-order valence-electron chi connectivity index (χ4n) is 3.75. The number of likely N-dealkylation sites (tertiary alicyclic amines) is 1.